The van der Waals surface area contributed by atoms with Gasteiger partial charge in [0.2, 0.25) is 0 Å². The van der Waals surface area contributed by atoms with Gasteiger partial charge in [-0.25, -0.2) is 5.10 Å². The average Bonchev–Trinajstić information content (AvgIpc) is 2.87. The first-order valence-electron chi connectivity index (χ1n) is 6.08. The van der Waals surface area contributed by atoms with Crippen LogP contribution in [-0.4, -0.2) is 22.5 Å². The Labute approximate surface area is 119 Å². The van der Waals surface area contributed by atoms with E-state index in [1.807, 2.05) is 18.4 Å². The van der Waals surface area contributed by atoms with Gasteiger partial charge in [-0.1, -0.05) is 35.9 Å². The molecule has 7 heteroatoms. The van der Waals surface area contributed by atoms with E-state index in [4.69, 9.17) is 11.6 Å². The molecule has 1 aromatic heterocycles. The molecule has 0 saturated heterocycles. The van der Waals surface area contributed by atoms with Crippen molar-refractivity contribution in [2.45, 2.75) is 6.04 Å². The van der Waals surface area contributed by atoms with Crippen molar-refractivity contribution in [1.82, 2.24) is 15.6 Å². The molecule has 0 saturated carbocycles. The molecule has 6 nitrogen and oxygen atoms in total. The van der Waals surface area contributed by atoms with Crippen LogP contribution in [0.15, 0.2) is 52.1 Å². The van der Waals surface area contributed by atoms with Crippen molar-refractivity contribution >= 4 is 23.5 Å². The van der Waals surface area contributed by atoms with Crippen LogP contribution in [0, 0.1) is 5.92 Å². The van der Waals surface area contributed by atoms with Crippen LogP contribution in [0.5, 0.6) is 0 Å². The fourth-order valence-corrected chi connectivity index (χ4v) is 2.24. The van der Waals surface area contributed by atoms with E-state index in [1.165, 1.54) is 6.20 Å². The largest absolute Gasteiger partial charge is 0.308 e. The minimum absolute atomic E-state index is 0.0596. The number of anilines is 1. The number of nitrogens with zero attached hydrogens (tertiary/aromatic N) is 2. The van der Waals surface area contributed by atoms with Gasteiger partial charge in [-0.3, -0.25) is 15.2 Å². The lowest BCUT2D eigenvalue weighted by Crippen LogP contribution is -2.21. The summed E-state index contributed by atoms with van der Waals surface area (Å²) < 4.78 is 0. The lowest BCUT2D eigenvalue weighted by molar-refractivity contribution is 0.701. The Morgan fingerprint density at radius 1 is 1.35 bits per heavy atom. The predicted octanol–water partition coefficient (Wildman–Crippen LogP) is 1.42. The number of hydrogen-bond acceptors (Lipinski definition) is 5. The minimum Gasteiger partial charge on any atom is -0.308 e. The molecule has 0 bridgehead atoms. The molecule has 2 heterocycles. The second kappa shape index (κ2) is 5.34. The van der Waals surface area contributed by atoms with Gasteiger partial charge >= 0.3 is 0 Å². The fraction of sp³-hybridized carbons (Fsp3) is 0.154. The van der Waals surface area contributed by atoms with E-state index in [0.29, 0.717) is 5.69 Å². The fourth-order valence-electron chi connectivity index (χ4n) is 2.11. The lowest BCUT2D eigenvalue weighted by atomic mass is 9.92. The summed E-state index contributed by atoms with van der Waals surface area (Å²) in [5.41, 5.74) is 6.77. The van der Waals surface area contributed by atoms with Crippen LogP contribution in [0.25, 0.3) is 0 Å². The average molecular weight is 290 g/mol. The number of hydrogen-bond donors (Lipinski definition) is 3. The molecular formula is C13H12ClN5O. The van der Waals surface area contributed by atoms with E-state index in [-0.39, 0.29) is 17.0 Å². The van der Waals surface area contributed by atoms with Crippen molar-refractivity contribution in [3.05, 3.63) is 57.7 Å². The quantitative estimate of drug-likeness (QED) is 0.735. The van der Waals surface area contributed by atoms with Gasteiger partial charge < -0.3 is 5.43 Å². The van der Waals surface area contributed by atoms with E-state index >= 15 is 0 Å². The number of aromatic amines is 1. The van der Waals surface area contributed by atoms with Crippen molar-refractivity contribution in [2.75, 3.05) is 5.43 Å². The van der Waals surface area contributed by atoms with Crippen molar-refractivity contribution < 1.29 is 0 Å². The Balaban J connectivity index is 1.68. The first kappa shape index (κ1) is 12.7. The Morgan fingerprint density at radius 3 is 3.10 bits per heavy atom. The molecule has 2 aliphatic rings. The van der Waals surface area contributed by atoms with Gasteiger partial charge in [0.05, 0.1) is 17.9 Å². The zero-order chi connectivity index (χ0) is 13.9. The number of fused-ring (bicyclic) bond motifs is 1. The van der Waals surface area contributed by atoms with E-state index in [9.17, 15) is 4.79 Å². The second-order valence-electron chi connectivity index (χ2n) is 4.40. The van der Waals surface area contributed by atoms with Crippen molar-refractivity contribution in [1.29, 1.82) is 0 Å². The molecule has 1 aliphatic heterocycles. The molecule has 20 heavy (non-hydrogen) atoms. The highest BCUT2D eigenvalue weighted by Crippen LogP contribution is 2.27. The van der Waals surface area contributed by atoms with Gasteiger partial charge in [-0.15, -0.1) is 0 Å². The minimum atomic E-state index is -0.436. The van der Waals surface area contributed by atoms with E-state index in [2.05, 4.69) is 38.2 Å². The molecule has 1 aliphatic carbocycles. The summed E-state index contributed by atoms with van der Waals surface area (Å²) in [5.74, 6) is 0.252. The van der Waals surface area contributed by atoms with Gasteiger partial charge in [0.1, 0.15) is 5.02 Å². The molecule has 0 amide bonds. The summed E-state index contributed by atoms with van der Waals surface area (Å²) in [6.07, 6.45) is 13.2. The monoisotopic (exact) mass is 289 g/mol. The maximum absolute atomic E-state index is 11.3. The van der Waals surface area contributed by atoms with Crippen molar-refractivity contribution in [2.24, 2.45) is 10.9 Å². The lowest BCUT2D eigenvalue weighted by Gasteiger charge is -2.15. The van der Waals surface area contributed by atoms with Crippen LogP contribution in [-0.2, 0) is 0 Å². The Bertz CT molecular complexity index is 688. The Kier molecular flexibility index (Phi) is 3.39. The Morgan fingerprint density at radius 2 is 2.20 bits per heavy atom. The molecule has 2 unspecified atom stereocenters. The number of aliphatic imine (C=N–C) groups is 1. The van der Waals surface area contributed by atoms with Crippen LogP contribution in [0.2, 0.25) is 5.02 Å². The van der Waals surface area contributed by atoms with Gasteiger partial charge in [-0.05, 0) is 5.57 Å². The topological polar surface area (TPSA) is 82.2 Å². The molecule has 0 fully saturated rings. The number of nitrogens with one attached hydrogen (secondary N) is 3. The van der Waals surface area contributed by atoms with Crippen molar-refractivity contribution in [3.63, 3.8) is 0 Å². The number of halogens is 1. The second-order valence-corrected chi connectivity index (χ2v) is 4.78. The molecule has 0 aromatic carbocycles. The summed E-state index contributed by atoms with van der Waals surface area (Å²) in [7, 11) is 0. The molecular weight excluding hydrogens is 278 g/mol. The first-order chi connectivity index (χ1) is 9.75. The normalized spacial score (nSPS) is 24.9. The van der Waals surface area contributed by atoms with Gasteiger partial charge in [0, 0.05) is 18.3 Å². The number of H-pyrrole nitrogens is 1. The maximum Gasteiger partial charge on any atom is 0.285 e. The SMILES string of the molecule is O=c1[nH]ncc(NN/C=C2/C=NC3C=CC=CC23)c1Cl. The number of allylic oxidation sites excluding steroid dienone is 2. The third kappa shape index (κ3) is 2.37. The smallest absolute Gasteiger partial charge is 0.285 e. The highest BCUT2D eigenvalue weighted by atomic mass is 35.5. The predicted molar refractivity (Wildman–Crippen MR) is 78.8 cm³/mol. The molecule has 0 radical (unpaired) electrons. The summed E-state index contributed by atoms with van der Waals surface area (Å²) >= 11 is 5.85. The molecule has 1 aromatic rings. The highest BCUT2D eigenvalue weighted by Gasteiger charge is 2.25. The summed E-state index contributed by atoms with van der Waals surface area (Å²) in [6, 6.07) is 0.179. The van der Waals surface area contributed by atoms with Crippen LogP contribution >= 0.6 is 11.6 Å². The zero-order valence-corrected chi connectivity index (χ0v) is 11.1. The highest BCUT2D eigenvalue weighted by molar-refractivity contribution is 6.32. The number of hydrazine groups is 1. The van der Waals surface area contributed by atoms with Crippen LogP contribution in [0.3, 0.4) is 0 Å². The third-order valence-corrected chi connectivity index (χ3v) is 3.50. The number of rotatable bonds is 3. The van der Waals surface area contributed by atoms with E-state index in [1.54, 1.807) is 6.20 Å². The van der Waals surface area contributed by atoms with Crippen LogP contribution in [0.1, 0.15) is 0 Å². The zero-order valence-electron chi connectivity index (χ0n) is 10.4. The molecule has 0 spiro atoms. The summed E-state index contributed by atoms with van der Waals surface area (Å²) in [4.78, 5) is 15.7. The van der Waals surface area contributed by atoms with Gasteiger partial charge in [0.15, 0.2) is 0 Å². The summed E-state index contributed by atoms with van der Waals surface area (Å²) in [6.45, 7) is 0. The molecule has 3 rings (SSSR count). The number of aromatic nitrogens is 2. The Hall–Kier alpha value is -2.34. The standard InChI is InChI=1S/C13H12ClN5O/c14-12-11(7-17-19-13(12)20)18-16-6-8-5-15-10-4-2-1-3-9(8)10/h1-7,9-10,16H,(H2,18,19,20)/b8-6-. The molecule has 3 N–H and O–H groups in total. The third-order valence-electron chi connectivity index (χ3n) is 3.13. The van der Waals surface area contributed by atoms with Crippen molar-refractivity contribution in [3.8, 4) is 0 Å². The maximum atomic E-state index is 11.3. The van der Waals surface area contributed by atoms with E-state index in [0.717, 1.165) is 5.57 Å². The molecule has 102 valence electrons. The van der Waals surface area contributed by atoms with Gasteiger partial charge in [0.25, 0.3) is 5.56 Å². The first-order valence-corrected chi connectivity index (χ1v) is 6.46. The summed E-state index contributed by atoms with van der Waals surface area (Å²) in [5, 5.41) is 5.98. The van der Waals surface area contributed by atoms with Crippen LogP contribution in [0.4, 0.5) is 5.69 Å². The van der Waals surface area contributed by atoms with E-state index < -0.39 is 5.56 Å². The molecule has 2 atom stereocenters. The van der Waals surface area contributed by atoms with Crippen LogP contribution < -0.4 is 16.4 Å². The van der Waals surface area contributed by atoms with Gasteiger partial charge in [-0.2, -0.15) is 5.10 Å².